The van der Waals surface area contributed by atoms with Crippen LogP contribution in [0.1, 0.15) is 25.0 Å². The first kappa shape index (κ1) is 28.1. The lowest BCUT2D eigenvalue weighted by Gasteiger charge is -2.22. The molecule has 0 bridgehead atoms. The molecule has 0 radical (unpaired) electrons. The number of aromatic nitrogens is 5. The van der Waals surface area contributed by atoms with Crippen LogP contribution in [-0.4, -0.2) is 24.5 Å². The predicted molar refractivity (Wildman–Crippen MR) is 201 cm³/mol. The van der Waals surface area contributed by atoms with Crippen LogP contribution in [0, 0.1) is 0 Å². The fourth-order valence-electron chi connectivity index (χ4n) is 7.60. The van der Waals surface area contributed by atoms with Crippen molar-refractivity contribution in [3.63, 3.8) is 0 Å². The molecule has 0 amide bonds. The summed E-state index contributed by atoms with van der Waals surface area (Å²) < 4.78 is 3.67. The summed E-state index contributed by atoms with van der Waals surface area (Å²) in [6, 6.07) is 46.9. The molecule has 1 aliphatic rings. The van der Waals surface area contributed by atoms with Crippen molar-refractivity contribution in [2.75, 3.05) is 0 Å². The Kier molecular flexibility index (Phi) is 6.02. The van der Waals surface area contributed by atoms with Crippen molar-refractivity contribution in [3.05, 3.63) is 150 Å². The topological polar surface area (TPSA) is 56.5 Å². The molecule has 6 aromatic carbocycles. The minimum Gasteiger partial charge on any atom is -0.309 e. The van der Waals surface area contributed by atoms with E-state index in [2.05, 4.69) is 96.2 Å². The molecule has 3 heterocycles. The van der Waals surface area contributed by atoms with E-state index in [1.165, 1.54) is 37.9 Å². The van der Waals surface area contributed by atoms with Gasteiger partial charge in [0.15, 0.2) is 17.5 Å². The maximum Gasteiger partial charge on any atom is 0.164 e. The van der Waals surface area contributed by atoms with Crippen LogP contribution in [0.3, 0.4) is 0 Å². The van der Waals surface area contributed by atoms with Gasteiger partial charge in [0.25, 0.3) is 0 Å². The lowest BCUT2D eigenvalue weighted by molar-refractivity contribution is 0.660. The summed E-state index contributed by atoms with van der Waals surface area (Å²) in [6.07, 6.45) is 0. The van der Waals surface area contributed by atoms with Crippen molar-refractivity contribution in [3.8, 4) is 51.0 Å². The van der Waals surface area contributed by atoms with Crippen molar-refractivity contribution >= 4 is 43.4 Å². The van der Waals surface area contributed by atoms with Gasteiger partial charge in [0.2, 0.25) is 0 Å². The van der Waals surface area contributed by atoms with Gasteiger partial charge in [0.05, 0.1) is 26.8 Å². The van der Waals surface area contributed by atoms with Gasteiger partial charge in [0, 0.05) is 44.1 Å². The smallest absolute Gasteiger partial charge is 0.164 e. The standard InChI is InChI=1S/C43H29N5S/c1-43(2)33-20-21-35-39(49-25-44-35)38(33)31-19-18-29(24-34(31)43)48-36-16-10-9-15-30(36)32-23-28(17-22-37(32)48)42-46-40(26-11-5-3-6-12-26)45-41(47-42)27-13-7-4-8-14-27/h3-25H,1-2H3. The van der Waals surface area contributed by atoms with Crippen molar-refractivity contribution < 1.29 is 0 Å². The molecule has 6 heteroatoms. The number of fused-ring (bicyclic) bond motifs is 8. The Labute approximate surface area is 287 Å². The second-order valence-corrected chi connectivity index (χ2v) is 14.0. The van der Waals surface area contributed by atoms with E-state index in [4.69, 9.17) is 15.0 Å². The van der Waals surface area contributed by atoms with Gasteiger partial charge >= 0.3 is 0 Å². The van der Waals surface area contributed by atoms with Gasteiger partial charge in [-0.15, -0.1) is 11.3 Å². The summed E-state index contributed by atoms with van der Waals surface area (Å²) in [6.45, 7) is 4.68. The average molecular weight is 648 g/mol. The number of para-hydroxylation sites is 1. The highest BCUT2D eigenvalue weighted by Gasteiger charge is 2.37. The molecule has 49 heavy (non-hydrogen) atoms. The van der Waals surface area contributed by atoms with Crippen LogP contribution in [0.25, 0.3) is 83.0 Å². The van der Waals surface area contributed by atoms with E-state index in [0.29, 0.717) is 17.5 Å². The fraction of sp³-hybridized carbons (Fsp3) is 0.0698. The molecule has 0 saturated heterocycles. The van der Waals surface area contributed by atoms with Crippen molar-refractivity contribution in [1.29, 1.82) is 0 Å². The first-order chi connectivity index (χ1) is 24.0. The Morgan fingerprint density at radius 3 is 1.94 bits per heavy atom. The molecule has 3 aromatic heterocycles. The predicted octanol–water partition coefficient (Wildman–Crippen LogP) is 10.9. The van der Waals surface area contributed by atoms with Crippen LogP contribution in [0.15, 0.2) is 139 Å². The zero-order valence-corrected chi connectivity index (χ0v) is 27.7. The van der Waals surface area contributed by atoms with Crippen LogP contribution < -0.4 is 0 Å². The average Bonchev–Trinajstić information content (AvgIpc) is 3.83. The molecular formula is C43H29N5S. The van der Waals surface area contributed by atoms with E-state index in [1.807, 2.05) is 66.2 Å². The van der Waals surface area contributed by atoms with Gasteiger partial charge < -0.3 is 4.57 Å². The molecule has 0 fully saturated rings. The number of hydrogen-bond donors (Lipinski definition) is 0. The van der Waals surface area contributed by atoms with E-state index in [9.17, 15) is 0 Å². The Morgan fingerprint density at radius 1 is 0.551 bits per heavy atom. The highest BCUT2D eigenvalue weighted by molar-refractivity contribution is 7.17. The summed E-state index contributed by atoms with van der Waals surface area (Å²) in [7, 11) is 0. The zero-order valence-electron chi connectivity index (χ0n) is 26.9. The first-order valence-electron chi connectivity index (χ1n) is 16.5. The lowest BCUT2D eigenvalue weighted by atomic mass is 9.82. The van der Waals surface area contributed by atoms with Crippen molar-refractivity contribution in [2.45, 2.75) is 19.3 Å². The molecular weight excluding hydrogens is 619 g/mol. The monoisotopic (exact) mass is 647 g/mol. The Bertz CT molecular complexity index is 2680. The van der Waals surface area contributed by atoms with Crippen molar-refractivity contribution in [1.82, 2.24) is 24.5 Å². The third-order valence-corrected chi connectivity index (χ3v) is 10.9. The van der Waals surface area contributed by atoms with E-state index < -0.39 is 0 Å². The maximum atomic E-state index is 5.01. The summed E-state index contributed by atoms with van der Waals surface area (Å²) in [4.78, 5) is 19.5. The third kappa shape index (κ3) is 4.24. The van der Waals surface area contributed by atoms with E-state index >= 15 is 0 Å². The van der Waals surface area contributed by atoms with Gasteiger partial charge in [-0.1, -0.05) is 105 Å². The molecule has 232 valence electrons. The summed E-state index contributed by atoms with van der Waals surface area (Å²) in [5, 5.41) is 2.35. The number of nitrogens with zero attached hydrogens (tertiary/aromatic N) is 5. The van der Waals surface area contributed by atoms with Gasteiger partial charge in [-0.25, -0.2) is 19.9 Å². The molecule has 0 atom stereocenters. The molecule has 0 aliphatic heterocycles. The number of hydrogen-bond acceptors (Lipinski definition) is 5. The lowest BCUT2D eigenvalue weighted by Crippen LogP contribution is -2.15. The first-order valence-corrected chi connectivity index (χ1v) is 17.3. The molecule has 9 aromatic rings. The highest BCUT2D eigenvalue weighted by Crippen LogP contribution is 2.52. The van der Waals surface area contributed by atoms with Crippen LogP contribution in [0.2, 0.25) is 0 Å². The number of benzene rings is 6. The Hall–Kier alpha value is -5.98. The van der Waals surface area contributed by atoms with Crippen molar-refractivity contribution in [2.24, 2.45) is 0 Å². The fourth-order valence-corrected chi connectivity index (χ4v) is 8.45. The van der Waals surface area contributed by atoms with Crippen LogP contribution in [-0.2, 0) is 5.41 Å². The minimum absolute atomic E-state index is 0.129. The van der Waals surface area contributed by atoms with Gasteiger partial charge in [-0.2, -0.15) is 0 Å². The third-order valence-electron chi connectivity index (χ3n) is 10.0. The van der Waals surface area contributed by atoms with Crippen LogP contribution in [0.4, 0.5) is 0 Å². The maximum absolute atomic E-state index is 5.01. The minimum atomic E-state index is -0.129. The molecule has 0 saturated carbocycles. The molecule has 0 unspecified atom stereocenters. The number of thiazole rings is 1. The second kappa shape index (κ2) is 10.5. The summed E-state index contributed by atoms with van der Waals surface area (Å²) in [5.41, 5.74) is 14.6. The largest absolute Gasteiger partial charge is 0.309 e. The second-order valence-electron chi connectivity index (χ2n) is 13.2. The number of rotatable bonds is 4. The molecule has 0 spiro atoms. The van der Waals surface area contributed by atoms with Gasteiger partial charge in [0.1, 0.15) is 0 Å². The molecule has 1 aliphatic carbocycles. The summed E-state index contributed by atoms with van der Waals surface area (Å²) >= 11 is 1.73. The van der Waals surface area contributed by atoms with Crippen LogP contribution >= 0.6 is 11.3 Å². The normalized spacial score (nSPS) is 13.3. The van der Waals surface area contributed by atoms with E-state index in [0.717, 1.165) is 38.8 Å². The van der Waals surface area contributed by atoms with Crippen LogP contribution in [0.5, 0.6) is 0 Å². The quantitative estimate of drug-likeness (QED) is 0.191. The van der Waals surface area contributed by atoms with Gasteiger partial charge in [-0.3, -0.25) is 0 Å². The van der Waals surface area contributed by atoms with E-state index in [1.54, 1.807) is 11.3 Å². The Morgan fingerprint density at radius 2 is 1.20 bits per heavy atom. The molecule has 0 N–H and O–H groups in total. The summed E-state index contributed by atoms with van der Waals surface area (Å²) in [5.74, 6) is 1.96. The zero-order chi connectivity index (χ0) is 32.7. The van der Waals surface area contributed by atoms with Gasteiger partial charge in [-0.05, 0) is 59.2 Å². The highest BCUT2D eigenvalue weighted by atomic mass is 32.1. The SMILES string of the molecule is CC1(C)c2cc(-n3c4ccccc4c4cc(-c5nc(-c6ccccc6)nc(-c6ccccc6)n5)ccc43)ccc2-c2c1ccc1ncsc21. The Balaban J connectivity index is 1.16. The molecule has 5 nitrogen and oxygen atoms in total. The molecule has 10 rings (SSSR count). The van der Waals surface area contributed by atoms with E-state index in [-0.39, 0.29) is 5.41 Å².